The van der Waals surface area contributed by atoms with Crippen molar-refractivity contribution in [1.82, 2.24) is 10.2 Å². The van der Waals surface area contributed by atoms with E-state index in [9.17, 15) is 14.4 Å². The molecule has 2 N–H and O–H groups in total. The molecular formula is C16H20N2O5. The monoisotopic (exact) mass is 320 g/mol. The van der Waals surface area contributed by atoms with E-state index in [2.05, 4.69) is 5.32 Å². The van der Waals surface area contributed by atoms with Gasteiger partial charge in [0, 0.05) is 32.1 Å². The Morgan fingerprint density at radius 2 is 2.00 bits per heavy atom. The van der Waals surface area contributed by atoms with Crippen LogP contribution in [0.5, 0.6) is 0 Å². The maximum atomic E-state index is 12.6. The van der Waals surface area contributed by atoms with Gasteiger partial charge in [-0.3, -0.25) is 9.59 Å². The molecule has 2 amide bonds. The molecule has 1 unspecified atom stereocenters. The summed E-state index contributed by atoms with van der Waals surface area (Å²) >= 11 is 0. The summed E-state index contributed by atoms with van der Waals surface area (Å²) in [4.78, 5) is 36.3. The number of carbonyl (C=O) groups is 3. The van der Waals surface area contributed by atoms with Gasteiger partial charge in [-0.1, -0.05) is 0 Å². The molecule has 7 heteroatoms. The number of ether oxygens (including phenoxy) is 1. The molecule has 0 aromatic heterocycles. The molecule has 0 saturated carbocycles. The van der Waals surface area contributed by atoms with Crippen LogP contribution in [-0.2, 0) is 9.53 Å². The lowest BCUT2D eigenvalue weighted by molar-refractivity contribution is -0.120. The van der Waals surface area contributed by atoms with Crippen LogP contribution in [-0.4, -0.2) is 60.1 Å². The molecule has 23 heavy (non-hydrogen) atoms. The van der Waals surface area contributed by atoms with Crippen molar-refractivity contribution in [2.24, 2.45) is 0 Å². The number of nitrogens with one attached hydrogen (secondary N) is 1. The fraction of sp³-hybridized carbons (Fsp3) is 0.438. The van der Waals surface area contributed by atoms with Crippen molar-refractivity contribution in [3.8, 4) is 0 Å². The number of hydrogen-bond donors (Lipinski definition) is 2. The van der Waals surface area contributed by atoms with Crippen molar-refractivity contribution in [3.63, 3.8) is 0 Å². The van der Waals surface area contributed by atoms with Crippen LogP contribution >= 0.6 is 0 Å². The molecule has 1 fully saturated rings. The van der Waals surface area contributed by atoms with Crippen LogP contribution in [0.25, 0.3) is 0 Å². The van der Waals surface area contributed by atoms with Gasteiger partial charge in [0.05, 0.1) is 18.3 Å². The lowest BCUT2D eigenvalue weighted by atomic mass is 10.0. The second-order valence-corrected chi connectivity index (χ2v) is 5.57. The summed E-state index contributed by atoms with van der Waals surface area (Å²) in [6.07, 6.45) is -0.264. The van der Waals surface area contributed by atoms with E-state index in [0.29, 0.717) is 31.8 Å². The van der Waals surface area contributed by atoms with E-state index in [0.717, 1.165) is 5.56 Å². The Balaban J connectivity index is 2.10. The van der Waals surface area contributed by atoms with E-state index < -0.39 is 5.97 Å². The smallest absolute Gasteiger partial charge is 0.335 e. The lowest BCUT2D eigenvalue weighted by Crippen LogP contribution is -2.49. The van der Waals surface area contributed by atoms with Gasteiger partial charge >= 0.3 is 5.97 Å². The van der Waals surface area contributed by atoms with E-state index in [1.807, 2.05) is 0 Å². The van der Waals surface area contributed by atoms with Gasteiger partial charge in [-0.05, 0) is 30.7 Å². The standard InChI is InChI=1S/C16H20N2O5/c1-10-5-12(7-13(6-10)16(21)22)15(20)18-3-4-23-14(9-18)8-17-11(2)19/h5-7,14H,3-4,8-9H2,1-2H3,(H,17,19)(H,21,22). The number of aromatic carboxylic acids is 1. The number of nitrogens with zero attached hydrogens (tertiary/aromatic N) is 1. The number of amides is 2. The van der Waals surface area contributed by atoms with Crippen molar-refractivity contribution in [2.45, 2.75) is 20.0 Å². The van der Waals surface area contributed by atoms with Crippen LogP contribution in [0.4, 0.5) is 0 Å². The summed E-state index contributed by atoms with van der Waals surface area (Å²) in [5, 5.41) is 11.8. The molecule has 124 valence electrons. The second kappa shape index (κ2) is 7.23. The maximum Gasteiger partial charge on any atom is 0.335 e. The van der Waals surface area contributed by atoms with Crippen molar-refractivity contribution in [3.05, 3.63) is 34.9 Å². The van der Waals surface area contributed by atoms with Gasteiger partial charge in [-0.25, -0.2) is 4.79 Å². The number of benzene rings is 1. The number of carbonyl (C=O) groups excluding carboxylic acids is 2. The van der Waals surface area contributed by atoms with Gasteiger partial charge in [-0.15, -0.1) is 0 Å². The molecular weight excluding hydrogens is 300 g/mol. The van der Waals surface area contributed by atoms with Gasteiger partial charge in [0.15, 0.2) is 0 Å². The molecule has 0 spiro atoms. The Hall–Kier alpha value is -2.41. The zero-order valence-electron chi connectivity index (χ0n) is 13.2. The van der Waals surface area contributed by atoms with Crippen molar-refractivity contribution < 1.29 is 24.2 Å². The summed E-state index contributed by atoms with van der Waals surface area (Å²) in [6.45, 7) is 4.69. The van der Waals surface area contributed by atoms with Crippen molar-refractivity contribution in [1.29, 1.82) is 0 Å². The molecule has 0 aliphatic carbocycles. The minimum Gasteiger partial charge on any atom is -0.478 e. The summed E-state index contributed by atoms with van der Waals surface area (Å²) in [6, 6.07) is 4.58. The quantitative estimate of drug-likeness (QED) is 0.850. The van der Waals surface area contributed by atoms with Crippen molar-refractivity contribution in [2.75, 3.05) is 26.2 Å². The van der Waals surface area contributed by atoms with E-state index in [4.69, 9.17) is 9.84 Å². The molecule has 0 radical (unpaired) electrons. The zero-order valence-corrected chi connectivity index (χ0v) is 13.2. The predicted octanol–water partition coefficient (Wildman–Crippen LogP) is 0.670. The molecule has 1 atom stereocenters. The third kappa shape index (κ3) is 4.53. The highest BCUT2D eigenvalue weighted by Gasteiger charge is 2.25. The largest absolute Gasteiger partial charge is 0.478 e. The average Bonchev–Trinajstić information content (AvgIpc) is 2.51. The number of aryl methyl sites for hydroxylation is 1. The topological polar surface area (TPSA) is 95.9 Å². The lowest BCUT2D eigenvalue weighted by Gasteiger charge is -2.33. The first-order valence-corrected chi connectivity index (χ1v) is 7.37. The minimum absolute atomic E-state index is 0.0939. The molecule has 7 nitrogen and oxygen atoms in total. The van der Waals surface area contributed by atoms with Crippen LogP contribution in [0.15, 0.2) is 18.2 Å². The van der Waals surface area contributed by atoms with Crippen LogP contribution in [0.1, 0.15) is 33.2 Å². The van der Waals surface area contributed by atoms with Crippen LogP contribution < -0.4 is 5.32 Å². The Morgan fingerprint density at radius 3 is 2.65 bits per heavy atom. The molecule has 1 saturated heterocycles. The second-order valence-electron chi connectivity index (χ2n) is 5.57. The highest BCUT2D eigenvalue weighted by Crippen LogP contribution is 2.15. The van der Waals surface area contributed by atoms with E-state index in [1.165, 1.54) is 19.1 Å². The van der Waals surface area contributed by atoms with E-state index in [-0.39, 0.29) is 23.5 Å². The number of rotatable bonds is 4. The molecule has 1 heterocycles. The minimum atomic E-state index is -1.06. The molecule has 2 rings (SSSR count). The molecule has 1 aromatic carbocycles. The van der Waals surface area contributed by atoms with Gasteiger partial charge in [-0.2, -0.15) is 0 Å². The Bertz CT molecular complexity index is 629. The predicted molar refractivity (Wildman–Crippen MR) is 82.5 cm³/mol. The summed E-state index contributed by atoms with van der Waals surface area (Å²) in [7, 11) is 0. The maximum absolute atomic E-state index is 12.6. The van der Waals surface area contributed by atoms with Crippen LogP contribution in [0.2, 0.25) is 0 Å². The van der Waals surface area contributed by atoms with E-state index in [1.54, 1.807) is 17.9 Å². The normalized spacial score (nSPS) is 17.7. The Kier molecular flexibility index (Phi) is 5.33. The summed E-state index contributed by atoms with van der Waals surface area (Å²) < 4.78 is 5.53. The SMILES string of the molecule is CC(=O)NCC1CN(C(=O)c2cc(C)cc(C(=O)O)c2)CCO1. The highest BCUT2D eigenvalue weighted by atomic mass is 16.5. The number of carboxylic acids is 1. The van der Waals surface area contributed by atoms with Gasteiger partial charge in [0.2, 0.25) is 5.91 Å². The fourth-order valence-electron chi connectivity index (χ4n) is 2.50. The number of hydrogen-bond acceptors (Lipinski definition) is 4. The molecule has 1 aliphatic rings. The molecule has 1 aromatic rings. The third-order valence-electron chi connectivity index (χ3n) is 3.58. The highest BCUT2D eigenvalue weighted by molar-refractivity contribution is 5.97. The number of carboxylic acid groups (broad SMARTS) is 1. The van der Waals surface area contributed by atoms with Crippen molar-refractivity contribution >= 4 is 17.8 Å². The van der Waals surface area contributed by atoms with Gasteiger partial charge < -0.3 is 20.1 Å². The van der Waals surface area contributed by atoms with Gasteiger partial charge in [0.1, 0.15) is 0 Å². The first-order valence-electron chi connectivity index (χ1n) is 7.37. The van der Waals surface area contributed by atoms with Gasteiger partial charge in [0.25, 0.3) is 5.91 Å². The first kappa shape index (κ1) is 17.0. The molecule has 1 aliphatic heterocycles. The summed E-state index contributed by atoms with van der Waals surface area (Å²) in [5.74, 6) is -1.44. The Morgan fingerprint density at radius 1 is 1.30 bits per heavy atom. The van der Waals surface area contributed by atoms with E-state index >= 15 is 0 Å². The summed E-state index contributed by atoms with van der Waals surface area (Å²) in [5.41, 5.74) is 1.16. The number of morpholine rings is 1. The Labute approximate surface area is 134 Å². The third-order valence-corrected chi connectivity index (χ3v) is 3.58. The zero-order chi connectivity index (χ0) is 17.0. The first-order chi connectivity index (χ1) is 10.9. The average molecular weight is 320 g/mol. The van der Waals surface area contributed by atoms with Crippen LogP contribution in [0, 0.1) is 6.92 Å². The van der Waals surface area contributed by atoms with Crippen LogP contribution in [0.3, 0.4) is 0 Å². The molecule has 0 bridgehead atoms. The fourth-order valence-corrected chi connectivity index (χ4v) is 2.50.